The van der Waals surface area contributed by atoms with Crippen molar-refractivity contribution in [2.75, 3.05) is 39.4 Å². The van der Waals surface area contributed by atoms with E-state index in [1.165, 1.54) is 0 Å². The molecule has 1 heterocycles. The molecular weight excluding hydrogens is 269 g/mol. The minimum atomic E-state index is -4.21. The van der Waals surface area contributed by atoms with E-state index in [0.29, 0.717) is 18.4 Å². The summed E-state index contributed by atoms with van der Waals surface area (Å²) >= 11 is 0. The van der Waals surface area contributed by atoms with Crippen LogP contribution in [0.4, 0.5) is 13.2 Å². The van der Waals surface area contributed by atoms with Crippen LogP contribution in [0.15, 0.2) is 0 Å². The second-order valence-corrected chi connectivity index (χ2v) is 5.62. The summed E-state index contributed by atoms with van der Waals surface area (Å²) in [5.41, 5.74) is 0. The van der Waals surface area contributed by atoms with Crippen LogP contribution in [0.2, 0.25) is 0 Å². The van der Waals surface area contributed by atoms with E-state index in [-0.39, 0.29) is 6.61 Å². The number of rotatable bonds is 7. The second kappa shape index (κ2) is 8.85. The van der Waals surface area contributed by atoms with E-state index in [0.717, 1.165) is 39.0 Å². The maximum Gasteiger partial charge on any atom is 0.411 e. The fraction of sp³-hybridized carbons (Fsp3) is 1.00. The molecule has 6 heteroatoms. The number of ether oxygens (including phenoxy) is 1. The number of alkyl halides is 3. The van der Waals surface area contributed by atoms with Gasteiger partial charge >= 0.3 is 6.18 Å². The third-order valence-electron chi connectivity index (χ3n) is 3.87. The summed E-state index contributed by atoms with van der Waals surface area (Å²) < 4.78 is 40.4. The molecule has 2 unspecified atom stereocenters. The fourth-order valence-corrected chi connectivity index (χ4v) is 2.47. The van der Waals surface area contributed by atoms with Gasteiger partial charge in [0.15, 0.2) is 0 Å². The van der Waals surface area contributed by atoms with Crippen molar-refractivity contribution in [2.24, 2.45) is 5.92 Å². The van der Waals surface area contributed by atoms with E-state index >= 15 is 0 Å². The van der Waals surface area contributed by atoms with Crippen molar-refractivity contribution in [1.82, 2.24) is 10.2 Å². The Labute approximate surface area is 119 Å². The smallest absolute Gasteiger partial charge is 0.372 e. The normalized spacial score (nSPS) is 23.6. The predicted octanol–water partition coefficient (Wildman–Crippen LogP) is 2.67. The van der Waals surface area contributed by atoms with Crippen LogP contribution >= 0.6 is 0 Å². The Morgan fingerprint density at radius 2 is 2.15 bits per heavy atom. The quantitative estimate of drug-likeness (QED) is 0.731. The molecule has 1 saturated heterocycles. The van der Waals surface area contributed by atoms with E-state index in [1.54, 1.807) is 0 Å². The first-order chi connectivity index (χ1) is 9.42. The van der Waals surface area contributed by atoms with Crippen LogP contribution in [0.5, 0.6) is 0 Å². The number of nitrogens with zero attached hydrogens (tertiary/aromatic N) is 1. The van der Waals surface area contributed by atoms with Crippen molar-refractivity contribution < 1.29 is 17.9 Å². The molecule has 0 aromatic rings. The Hall–Kier alpha value is -0.330. The molecule has 0 aromatic heterocycles. The van der Waals surface area contributed by atoms with Crippen molar-refractivity contribution in [3.8, 4) is 0 Å². The van der Waals surface area contributed by atoms with Gasteiger partial charge in [-0.05, 0) is 31.8 Å². The van der Waals surface area contributed by atoms with Gasteiger partial charge in [-0.15, -0.1) is 0 Å². The van der Waals surface area contributed by atoms with Crippen molar-refractivity contribution in [2.45, 2.75) is 45.3 Å². The van der Waals surface area contributed by atoms with Gasteiger partial charge in [0.25, 0.3) is 0 Å². The van der Waals surface area contributed by atoms with E-state index in [4.69, 9.17) is 0 Å². The van der Waals surface area contributed by atoms with Gasteiger partial charge in [0.05, 0.1) is 0 Å². The molecular formula is C14H27F3N2O. The molecule has 3 nitrogen and oxygen atoms in total. The fourth-order valence-electron chi connectivity index (χ4n) is 2.47. The highest BCUT2D eigenvalue weighted by atomic mass is 19.4. The first-order valence-electron chi connectivity index (χ1n) is 7.52. The van der Waals surface area contributed by atoms with E-state index < -0.39 is 12.8 Å². The van der Waals surface area contributed by atoms with Crippen molar-refractivity contribution in [3.05, 3.63) is 0 Å². The van der Waals surface area contributed by atoms with Gasteiger partial charge in [-0.3, -0.25) is 0 Å². The van der Waals surface area contributed by atoms with E-state index in [9.17, 15) is 13.2 Å². The highest BCUT2D eigenvalue weighted by molar-refractivity contribution is 4.80. The van der Waals surface area contributed by atoms with Crippen LogP contribution in [0.3, 0.4) is 0 Å². The lowest BCUT2D eigenvalue weighted by Crippen LogP contribution is -2.42. The lowest BCUT2D eigenvalue weighted by molar-refractivity contribution is -0.174. The van der Waals surface area contributed by atoms with E-state index in [1.807, 2.05) is 0 Å². The van der Waals surface area contributed by atoms with E-state index in [2.05, 4.69) is 28.8 Å². The molecule has 0 radical (unpaired) electrons. The lowest BCUT2D eigenvalue weighted by atomic mass is 9.99. The van der Waals surface area contributed by atoms with Crippen LogP contribution in [-0.2, 0) is 4.74 Å². The summed E-state index contributed by atoms with van der Waals surface area (Å²) in [4.78, 5) is 2.34. The zero-order valence-electron chi connectivity index (χ0n) is 12.5. The monoisotopic (exact) mass is 296 g/mol. The van der Waals surface area contributed by atoms with Crippen LogP contribution in [0.25, 0.3) is 0 Å². The topological polar surface area (TPSA) is 24.5 Å². The van der Waals surface area contributed by atoms with Crippen LogP contribution < -0.4 is 5.32 Å². The summed E-state index contributed by atoms with van der Waals surface area (Å²) in [6.45, 7) is 7.30. The average Bonchev–Trinajstić information content (AvgIpc) is 2.61. The zero-order chi connectivity index (χ0) is 15.0. The minimum absolute atomic E-state index is 0.178. The first kappa shape index (κ1) is 17.7. The lowest BCUT2D eigenvalue weighted by Gasteiger charge is -2.28. The van der Waals surface area contributed by atoms with Crippen LogP contribution in [0, 0.1) is 5.92 Å². The van der Waals surface area contributed by atoms with Gasteiger partial charge in [-0.1, -0.05) is 20.3 Å². The molecule has 0 aliphatic carbocycles. The SMILES string of the molecule is CCC(C)C1CN(CCCOCC(F)(F)F)CCCN1. The summed E-state index contributed by atoms with van der Waals surface area (Å²) in [6.07, 6.45) is -1.33. The Kier molecular flexibility index (Phi) is 7.84. The number of hydrogen-bond acceptors (Lipinski definition) is 3. The third-order valence-corrected chi connectivity index (χ3v) is 3.87. The molecule has 120 valence electrons. The average molecular weight is 296 g/mol. The summed E-state index contributed by atoms with van der Waals surface area (Å²) in [5, 5.41) is 3.56. The summed E-state index contributed by atoms with van der Waals surface area (Å²) in [6, 6.07) is 0.485. The van der Waals surface area contributed by atoms with Gasteiger partial charge in [-0.2, -0.15) is 13.2 Å². The summed E-state index contributed by atoms with van der Waals surface area (Å²) in [5.74, 6) is 0.622. The molecule has 1 fully saturated rings. The molecule has 1 aliphatic heterocycles. The molecule has 0 bridgehead atoms. The van der Waals surface area contributed by atoms with Gasteiger partial charge < -0.3 is 15.0 Å². The standard InChI is InChI=1S/C14H27F3N2O/c1-3-12(2)13-10-19(7-4-6-18-13)8-5-9-20-11-14(15,16)17/h12-13,18H,3-11H2,1-2H3. The van der Waals surface area contributed by atoms with Gasteiger partial charge in [0.2, 0.25) is 0 Å². The molecule has 0 spiro atoms. The van der Waals surface area contributed by atoms with Crippen LogP contribution in [-0.4, -0.2) is 56.5 Å². The molecule has 2 atom stereocenters. The molecule has 1 aliphatic rings. The largest absolute Gasteiger partial charge is 0.411 e. The molecule has 0 amide bonds. The summed E-state index contributed by atoms with van der Waals surface area (Å²) in [7, 11) is 0. The van der Waals surface area contributed by atoms with Gasteiger partial charge in [-0.25, -0.2) is 0 Å². The van der Waals surface area contributed by atoms with Gasteiger partial charge in [0, 0.05) is 25.7 Å². The molecule has 20 heavy (non-hydrogen) atoms. The maximum absolute atomic E-state index is 11.9. The van der Waals surface area contributed by atoms with Crippen molar-refractivity contribution >= 4 is 0 Å². The Bertz CT molecular complexity index is 261. The minimum Gasteiger partial charge on any atom is -0.372 e. The Morgan fingerprint density at radius 3 is 2.80 bits per heavy atom. The molecule has 1 N–H and O–H groups in total. The predicted molar refractivity (Wildman–Crippen MR) is 73.8 cm³/mol. The highest BCUT2D eigenvalue weighted by Gasteiger charge is 2.27. The zero-order valence-corrected chi connectivity index (χ0v) is 12.5. The highest BCUT2D eigenvalue weighted by Crippen LogP contribution is 2.15. The molecule has 1 rings (SSSR count). The molecule has 0 saturated carbocycles. The van der Waals surface area contributed by atoms with Gasteiger partial charge in [0.1, 0.15) is 6.61 Å². The van der Waals surface area contributed by atoms with Crippen LogP contribution in [0.1, 0.15) is 33.1 Å². The number of hydrogen-bond donors (Lipinski definition) is 1. The number of nitrogens with one attached hydrogen (secondary N) is 1. The van der Waals surface area contributed by atoms with Crippen molar-refractivity contribution in [3.63, 3.8) is 0 Å². The number of halogens is 3. The van der Waals surface area contributed by atoms with Crippen molar-refractivity contribution in [1.29, 1.82) is 0 Å². The second-order valence-electron chi connectivity index (χ2n) is 5.62. The Balaban J connectivity index is 2.21. The Morgan fingerprint density at radius 1 is 1.40 bits per heavy atom. The first-order valence-corrected chi connectivity index (χ1v) is 7.52. The molecule has 0 aromatic carbocycles. The third kappa shape index (κ3) is 7.45. The maximum atomic E-state index is 11.9.